The number of amides is 1. The van der Waals surface area contributed by atoms with Crippen LogP contribution < -0.4 is 5.32 Å². The number of hydrogen-bond acceptors (Lipinski definition) is 3. The highest BCUT2D eigenvalue weighted by Crippen LogP contribution is 2.26. The number of rotatable bonds is 6. The Kier molecular flexibility index (Phi) is 4.75. The zero-order valence-electron chi connectivity index (χ0n) is 13.6. The standard InChI is InChI=1S/C20H18N2O3/c1-2-3-10-17(20(24)25)22-19(23)18-13-8-4-6-11-15(13)21-16-12-7-5-9-14(16)18/h2,4-9,11-12,17H,1,3,10H2,(H,22,23)(H,24,25)/t17-/m1/s1. The van der Waals surface area contributed by atoms with Gasteiger partial charge in [-0.1, -0.05) is 42.5 Å². The third kappa shape index (κ3) is 3.35. The summed E-state index contributed by atoms with van der Waals surface area (Å²) in [5.41, 5.74) is 1.85. The molecule has 0 aliphatic carbocycles. The number of nitrogens with one attached hydrogen (secondary N) is 1. The van der Waals surface area contributed by atoms with Crippen molar-refractivity contribution in [3.05, 3.63) is 66.7 Å². The molecule has 1 aromatic heterocycles. The van der Waals surface area contributed by atoms with Gasteiger partial charge in [0.15, 0.2) is 0 Å². The number of carboxylic acids is 1. The van der Waals surface area contributed by atoms with Crippen molar-refractivity contribution in [3.8, 4) is 0 Å². The lowest BCUT2D eigenvalue weighted by Gasteiger charge is -2.16. The van der Waals surface area contributed by atoms with Crippen molar-refractivity contribution in [2.24, 2.45) is 0 Å². The molecule has 3 aromatic rings. The number of fused-ring (bicyclic) bond motifs is 2. The first-order chi connectivity index (χ1) is 12.1. The highest BCUT2D eigenvalue weighted by Gasteiger charge is 2.22. The van der Waals surface area contributed by atoms with Crippen molar-refractivity contribution in [1.29, 1.82) is 0 Å². The van der Waals surface area contributed by atoms with Crippen LogP contribution in [0.25, 0.3) is 21.8 Å². The van der Waals surface area contributed by atoms with E-state index in [0.717, 1.165) is 0 Å². The minimum Gasteiger partial charge on any atom is -0.480 e. The first-order valence-corrected chi connectivity index (χ1v) is 8.04. The van der Waals surface area contributed by atoms with Crippen LogP contribution in [0, 0.1) is 0 Å². The van der Waals surface area contributed by atoms with E-state index in [0.29, 0.717) is 40.2 Å². The summed E-state index contributed by atoms with van der Waals surface area (Å²) in [7, 11) is 0. The molecule has 0 saturated carbocycles. The van der Waals surface area contributed by atoms with Crippen LogP contribution in [-0.2, 0) is 4.79 Å². The van der Waals surface area contributed by atoms with Gasteiger partial charge in [0.25, 0.3) is 5.91 Å². The lowest BCUT2D eigenvalue weighted by molar-refractivity contribution is -0.139. The van der Waals surface area contributed by atoms with Crippen LogP contribution in [-0.4, -0.2) is 28.0 Å². The molecule has 5 heteroatoms. The van der Waals surface area contributed by atoms with Crippen LogP contribution in [0.15, 0.2) is 61.2 Å². The van der Waals surface area contributed by atoms with Gasteiger partial charge >= 0.3 is 5.97 Å². The van der Waals surface area contributed by atoms with Crippen LogP contribution >= 0.6 is 0 Å². The van der Waals surface area contributed by atoms with Crippen molar-refractivity contribution in [1.82, 2.24) is 10.3 Å². The monoisotopic (exact) mass is 334 g/mol. The summed E-state index contributed by atoms with van der Waals surface area (Å²) in [6, 6.07) is 13.7. The molecule has 1 amide bonds. The zero-order chi connectivity index (χ0) is 17.8. The van der Waals surface area contributed by atoms with Crippen molar-refractivity contribution in [2.45, 2.75) is 18.9 Å². The second kappa shape index (κ2) is 7.13. The van der Waals surface area contributed by atoms with Crippen molar-refractivity contribution in [2.75, 3.05) is 0 Å². The number of benzene rings is 2. The van der Waals surface area contributed by atoms with Crippen LogP contribution in [0.1, 0.15) is 23.2 Å². The first-order valence-electron chi connectivity index (χ1n) is 8.04. The average molecular weight is 334 g/mol. The van der Waals surface area contributed by atoms with Gasteiger partial charge in [-0.25, -0.2) is 9.78 Å². The smallest absolute Gasteiger partial charge is 0.326 e. The predicted octanol–water partition coefficient (Wildman–Crippen LogP) is 3.54. The van der Waals surface area contributed by atoms with Crippen LogP contribution in [0.4, 0.5) is 0 Å². The predicted molar refractivity (Wildman–Crippen MR) is 97.6 cm³/mol. The highest BCUT2D eigenvalue weighted by molar-refractivity contribution is 6.16. The SMILES string of the molecule is C=CCC[C@@H](NC(=O)c1c2ccccc2nc2ccccc12)C(=O)O. The second-order valence-electron chi connectivity index (χ2n) is 5.75. The number of carbonyl (C=O) groups is 2. The van der Waals surface area contributed by atoms with E-state index in [1.807, 2.05) is 48.5 Å². The molecule has 25 heavy (non-hydrogen) atoms. The summed E-state index contributed by atoms with van der Waals surface area (Å²) in [6.45, 7) is 3.60. The van der Waals surface area contributed by atoms with E-state index in [2.05, 4.69) is 16.9 Å². The maximum atomic E-state index is 12.9. The second-order valence-corrected chi connectivity index (χ2v) is 5.75. The third-order valence-electron chi connectivity index (χ3n) is 4.08. The number of aromatic nitrogens is 1. The summed E-state index contributed by atoms with van der Waals surface area (Å²) in [4.78, 5) is 28.9. The summed E-state index contributed by atoms with van der Waals surface area (Å²) >= 11 is 0. The molecule has 1 atom stereocenters. The summed E-state index contributed by atoms with van der Waals surface area (Å²) in [5, 5.41) is 13.4. The Bertz CT molecular complexity index is 911. The van der Waals surface area contributed by atoms with E-state index < -0.39 is 17.9 Å². The number of allylic oxidation sites excluding steroid dienone is 1. The zero-order valence-corrected chi connectivity index (χ0v) is 13.6. The normalized spacial score (nSPS) is 12.0. The van der Waals surface area contributed by atoms with Gasteiger partial charge in [0, 0.05) is 10.8 Å². The molecule has 126 valence electrons. The number of aliphatic carboxylic acids is 1. The topological polar surface area (TPSA) is 79.3 Å². The van der Waals surface area contributed by atoms with Crippen molar-refractivity contribution < 1.29 is 14.7 Å². The van der Waals surface area contributed by atoms with Gasteiger partial charge in [-0.15, -0.1) is 6.58 Å². The molecule has 5 nitrogen and oxygen atoms in total. The first kappa shape index (κ1) is 16.6. The maximum Gasteiger partial charge on any atom is 0.326 e. The number of carbonyl (C=O) groups excluding carboxylic acids is 1. The molecule has 0 aliphatic rings. The summed E-state index contributed by atoms with van der Waals surface area (Å²) in [5.74, 6) is -1.47. The molecule has 0 saturated heterocycles. The molecule has 0 bridgehead atoms. The van der Waals surface area contributed by atoms with E-state index in [9.17, 15) is 14.7 Å². The maximum absolute atomic E-state index is 12.9. The fourth-order valence-corrected chi connectivity index (χ4v) is 2.86. The Morgan fingerprint density at radius 2 is 1.64 bits per heavy atom. The number of hydrogen-bond donors (Lipinski definition) is 2. The van der Waals surface area contributed by atoms with Crippen LogP contribution in [0.2, 0.25) is 0 Å². The molecule has 2 aromatic carbocycles. The van der Waals surface area contributed by atoms with Gasteiger partial charge in [-0.3, -0.25) is 4.79 Å². The van der Waals surface area contributed by atoms with E-state index in [1.165, 1.54) is 0 Å². The third-order valence-corrected chi connectivity index (χ3v) is 4.08. The number of nitrogens with zero attached hydrogens (tertiary/aromatic N) is 1. The Balaban J connectivity index is 2.10. The Morgan fingerprint density at radius 3 is 2.16 bits per heavy atom. The number of pyridine rings is 1. The van der Waals surface area contributed by atoms with E-state index in [4.69, 9.17) is 0 Å². The highest BCUT2D eigenvalue weighted by atomic mass is 16.4. The van der Waals surface area contributed by atoms with E-state index >= 15 is 0 Å². The van der Waals surface area contributed by atoms with Gasteiger partial charge in [0.1, 0.15) is 6.04 Å². The van der Waals surface area contributed by atoms with Gasteiger partial charge in [0.05, 0.1) is 16.6 Å². The fourth-order valence-electron chi connectivity index (χ4n) is 2.86. The molecule has 0 fully saturated rings. The Hall–Kier alpha value is -3.21. The Labute approximate surface area is 145 Å². The fraction of sp³-hybridized carbons (Fsp3) is 0.150. The molecular formula is C20H18N2O3. The van der Waals surface area contributed by atoms with Crippen molar-refractivity contribution >= 4 is 33.7 Å². The molecule has 2 N–H and O–H groups in total. The van der Waals surface area contributed by atoms with Gasteiger partial charge in [-0.2, -0.15) is 0 Å². The average Bonchev–Trinajstić information content (AvgIpc) is 2.62. The lowest BCUT2D eigenvalue weighted by atomic mass is 10.0. The summed E-state index contributed by atoms with van der Waals surface area (Å²) in [6.07, 6.45) is 2.44. The largest absolute Gasteiger partial charge is 0.480 e. The van der Waals surface area contributed by atoms with Gasteiger partial charge in [0.2, 0.25) is 0 Å². The van der Waals surface area contributed by atoms with Crippen LogP contribution in [0.5, 0.6) is 0 Å². The minimum atomic E-state index is -1.06. The summed E-state index contributed by atoms with van der Waals surface area (Å²) < 4.78 is 0. The van der Waals surface area contributed by atoms with Crippen molar-refractivity contribution in [3.63, 3.8) is 0 Å². The molecule has 0 spiro atoms. The molecule has 0 unspecified atom stereocenters. The quantitative estimate of drug-likeness (QED) is 0.534. The number of carboxylic acid groups (broad SMARTS) is 1. The lowest BCUT2D eigenvalue weighted by Crippen LogP contribution is -2.40. The molecule has 0 aliphatic heterocycles. The number of para-hydroxylation sites is 2. The molecule has 1 heterocycles. The van der Waals surface area contributed by atoms with E-state index in [-0.39, 0.29) is 0 Å². The van der Waals surface area contributed by atoms with Gasteiger partial charge in [-0.05, 0) is 25.0 Å². The molecular weight excluding hydrogens is 316 g/mol. The van der Waals surface area contributed by atoms with E-state index in [1.54, 1.807) is 6.08 Å². The molecule has 0 radical (unpaired) electrons. The van der Waals surface area contributed by atoms with Gasteiger partial charge < -0.3 is 10.4 Å². The minimum absolute atomic E-state index is 0.297. The van der Waals surface area contributed by atoms with Crippen LogP contribution in [0.3, 0.4) is 0 Å². The molecule has 3 rings (SSSR count). The Morgan fingerprint density at radius 1 is 1.08 bits per heavy atom.